The van der Waals surface area contributed by atoms with E-state index >= 15 is 0 Å². The van der Waals surface area contributed by atoms with Gasteiger partial charge in [-0.2, -0.15) is 0 Å². The van der Waals surface area contributed by atoms with Crippen LogP contribution in [-0.4, -0.2) is 61.2 Å². The minimum absolute atomic E-state index is 0. The van der Waals surface area contributed by atoms with Gasteiger partial charge in [0.25, 0.3) is 0 Å². The van der Waals surface area contributed by atoms with E-state index in [4.69, 9.17) is 4.74 Å². The largest absolute Gasteiger partial charge is 0.444 e. The quantitative estimate of drug-likeness (QED) is 0.256. The van der Waals surface area contributed by atoms with E-state index in [9.17, 15) is 9.59 Å². The van der Waals surface area contributed by atoms with E-state index in [1.807, 2.05) is 56.9 Å². The van der Waals surface area contributed by atoms with Crippen LogP contribution in [0.15, 0.2) is 29.3 Å². The molecule has 2 amide bonds. The number of aliphatic imine (C=N–C) groups is 1. The van der Waals surface area contributed by atoms with Gasteiger partial charge in [0.15, 0.2) is 5.96 Å². The van der Waals surface area contributed by atoms with Crippen LogP contribution in [-0.2, 0) is 16.0 Å². The molecule has 1 saturated heterocycles. The lowest BCUT2D eigenvalue weighted by Gasteiger charge is -2.19. The summed E-state index contributed by atoms with van der Waals surface area (Å²) in [5, 5.41) is 9.26. The topological polar surface area (TPSA) is 95.1 Å². The number of hydrogen-bond donors (Lipinski definition) is 3. The molecule has 0 saturated carbocycles. The number of ether oxygens (including phenoxy) is 1. The van der Waals surface area contributed by atoms with Gasteiger partial charge in [0.05, 0.1) is 6.54 Å². The Kier molecular flexibility index (Phi) is 12.4. The van der Waals surface area contributed by atoms with E-state index in [0.29, 0.717) is 25.2 Å². The molecule has 0 unspecified atom stereocenters. The summed E-state index contributed by atoms with van der Waals surface area (Å²) in [4.78, 5) is 30.4. The fraction of sp³-hybridized carbons (Fsp3) is 0.609. The van der Waals surface area contributed by atoms with Gasteiger partial charge in [-0.25, -0.2) is 4.79 Å². The van der Waals surface area contributed by atoms with Gasteiger partial charge >= 0.3 is 6.09 Å². The van der Waals surface area contributed by atoms with Crippen LogP contribution in [0.5, 0.6) is 0 Å². The standard InChI is InChI=1S/C23H37N5O3.HI/c1-5-24-21(26-15-13-20(29)28-16-6-7-17-28)25-14-12-18-8-10-19(11-9-18)27-22(30)31-23(2,3)4;/h8-11H,5-7,12-17H2,1-4H3,(H,27,30)(H2,24,25,26);1H. The number of carbonyl (C=O) groups excluding carboxylic acids is 2. The number of anilines is 1. The first kappa shape index (κ1) is 28.0. The van der Waals surface area contributed by atoms with E-state index in [1.165, 1.54) is 0 Å². The van der Waals surface area contributed by atoms with Crippen molar-refractivity contribution in [2.24, 2.45) is 4.99 Å². The third-order valence-corrected chi connectivity index (χ3v) is 4.70. The van der Waals surface area contributed by atoms with Crippen molar-refractivity contribution in [1.82, 2.24) is 15.5 Å². The van der Waals surface area contributed by atoms with Gasteiger partial charge < -0.3 is 20.3 Å². The van der Waals surface area contributed by atoms with Crippen molar-refractivity contribution >= 4 is 47.6 Å². The monoisotopic (exact) mass is 559 g/mol. The summed E-state index contributed by atoms with van der Waals surface area (Å²) in [7, 11) is 0. The average Bonchev–Trinajstić information content (AvgIpc) is 3.23. The Morgan fingerprint density at radius 2 is 1.75 bits per heavy atom. The molecule has 180 valence electrons. The predicted octanol–water partition coefficient (Wildman–Crippen LogP) is 3.76. The van der Waals surface area contributed by atoms with Crippen LogP contribution in [0.1, 0.15) is 52.5 Å². The molecule has 9 heteroatoms. The zero-order valence-electron chi connectivity index (χ0n) is 19.7. The molecule has 2 rings (SSSR count). The highest BCUT2D eigenvalue weighted by atomic mass is 127. The predicted molar refractivity (Wildman–Crippen MR) is 140 cm³/mol. The van der Waals surface area contributed by atoms with Crippen LogP contribution in [0.3, 0.4) is 0 Å². The highest BCUT2D eigenvalue weighted by Crippen LogP contribution is 2.13. The molecule has 0 aromatic heterocycles. The number of benzene rings is 1. The smallest absolute Gasteiger partial charge is 0.412 e. The molecule has 0 atom stereocenters. The Bertz CT molecular complexity index is 741. The number of nitrogens with one attached hydrogen (secondary N) is 3. The highest BCUT2D eigenvalue weighted by molar-refractivity contribution is 14.0. The summed E-state index contributed by atoms with van der Waals surface area (Å²) < 4.78 is 5.26. The van der Waals surface area contributed by atoms with Gasteiger partial charge in [0.2, 0.25) is 5.91 Å². The maximum atomic E-state index is 12.1. The Hall–Kier alpha value is -2.04. The molecule has 1 aliphatic heterocycles. The number of hydrogen-bond acceptors (Lipinski definition) is 4. The number of amides is 2. The second-order valence-corrected chi connectivity index (χ2v) is 8.60. The SMILES string of the molecule is CCNC(=NCCC(=O)N1CCCC1)NCCc1ccc(NC(=O)OC(C)(C)C)cc1.I. The minimum atomic E-state index is -0.525. The molecule has 1 aromatic rings. The highest BCUT2D eigenvalue weighted by Gasteiger charge is 2.17. The van der Waals surface area contributed by atoms with Crippen molar-refractivity contribution in [3.63, 3.8) is 0 Å². The first-order valence-electron chi connectivity index (χ1n) is 11.2. The molecule has 1 fully saturated rings. The number of halogens is 1. The fourth-order valence-corrected chi connectivity index (χ4v) is 3.23. The minimum Gasteiger partial charge on any atom is -0.444 e. The van der Waals surface area contributed by atoms with Gasteiger partial charge in [-0.05, 0) is 64.7 Å². The van der Waals surface area contributed by atoms with Gasteiger partial charge in [-0.15, -0.1) is 24.0 Å². The number of carbonyl (C=O) groups is 2. The molecule has 32 heavy (non-hydrogen) atoms. The van der Waals surface area contributed by atoms with Crippen LogP contribution in [0.4, 0.5) is 10.5 Å². The second-order valence-electron chi connectivity index (χ2n) is 8.60. The molecule has 0 spiro atoms. The number of nitrogens with zero attached hydrogens (tertiary/aromatic N) is 2. The lowest BCUT2D eigenvalue weighted by atomic mass is 10.1. The summed E-state index contributed by atoms with van der Waals surface area (Å²) in [6, 6.07) is 7.69. The summed E-state index contributed by atoms with van der Waals surface area (Å²) >= 11 is 0. The summed E-state index contributed by atoms with van der Waals surface area (Å²) in [5.74, 6) is 0.914. The Morgan fingerprint density at radius 3 is 2.34 bits per heavy atom. The van der Waals surface area contributed by atoms with Gasteiger partial charge in [-0.1, -0.05) is 12.1 Å². The molecule has 0 radical (unpaired) electrons. The summed E-state index contributed by atoms with van der Waals surface area (Å²) in [6.45, 7) is 11.2. The van der Waals surface area contributed by atoms with Crippen molar-refractivity contribution in [3.8, 4) is 0 Å². The molecule has 0 bridgehead atoms. The zero-order valence-corrected chi connectivity index (χ0v) is 22.0. The maximum Gasteiger partial charge on any atom is 0.412 e. The van der Waals surface area contributed by atoms with Gasteiger partial charge in [0, 0.05) is 38.3 Å². The van der Waals surface area contributed by atoms with Crippen LogP contribution >= 0.6 is 24.0 Å². The van der Waals surface area contributed by atoms with E-state index < -0.39 is 11.7 Å². The Labute approximate surface area is 209 Å². The van der Waals surface area contributed by atoms with Crippen LogP contribution < -0.4 is 16.0 Å². The van der Waals surface area contributed by atoms with Crippen LogP contribution in [0.25, 0.3) is 0 Å². The second kappa shape index (κ2) is 14.2. The van der Waals surface area contributed by atoms with E-state index in [-0.39, 0.29) is 29.9 Å². The van der Waals surface area contributed by atoms with E-state index in [2.05, 4.69) is 20.9 Å². The molecular formula is C23H38IN5O3. The molecule has 1 aliphatic rings. The van der Waals surface area contributed by atoms with Crippen molar-refractivity contribution in [2.75, 3.05) is 38.0 Å². The van der Waals surface area contributed by atoms with Gasteiger partial charge in [0.1, 0.15) is 5.60 Å². The molecule has 1 heterocycles. The first-order chi connectivity index (χ1) is 14.8. The fourth-order valence-electron chi connectivity index (χ4n) is 3.23. The third-order valence-electron chi connectivity index (χ3n) is 4.70. The van der Waals surface area contributed by atoms with E-state index in [1.54, 1.807) is 0 Å². The molecule has 1 aromatic carbocycles. The Morgan fingerprint density at radius 1 is 1.09 bits per heavy atom. The van der Waals surface area contributed by atoms with Crippen molar-refractivity contribution < 1.29 is 14.3 Å². The third kappa shape index (κ3) is 11.0. The van der Waals surface area contributed by atoms with Crippen molar-refractivity contribution in [2.45, 2.75) is 59.0 Å². The molecular weight excluding hydrogens is 521 g/mol. The normalized spacial score (nSPS) is 13.9. The molecule has 0 aliphatic carbocycles. The van der Waals surface area contributed by atoms with Crippen LogP contribution in [0.2, 0.25) is 0 Å². The van der Waals surface area contributed by atoms with Gasteiger partial charge in [-0.3, -0.25) is 15.1 Å². The molecule has 3 N–H and O–H groups in total. The zero-order chi connectivity index (χ0) is 22.7. The lowest BCUT2D eigenvalue weighted by Crippen LogP contribution is -2.38. The van der Waals surface area contributed by atoms with Crippen LogP contribution in [0, 0.1) is 0 Å². The number of rotatable bonds is 8. The van der Waals surface area contributed by atoms with Crippen molar-refractivity contribution in [3.05, 3.63) is 29.8 Å². The Balaban J connectivity index is 0.00000512. The summed E-state index contributed by atoms with van der Waals surface area (Å²) in [6.07, 6.45) is 3.01. The number of likely N-dealkylation sites (tertiary alicyclic amines) is 1. The maximum absolute atomic E-state index is 12.1. The molecule has 8 nitrogen and oxygen atoms in total. The van der Waals surface area contributed by atoms with Crippen molar-refractivity contribution in [1.29, 1.82) is 0 Å². The lowest BCUT2D eigenvalue weighted by molar-refractivity contribution is -0.129. The van der Waals surface area contributed by atoms with E-state index in [0.717, 1.165) is 50.4 Å². The average molecular weight is 559 g/mol. The number of guanidine groups is 1. The summed E-state index contributed by atoms with van der Waals surface area (Å²) in [5.41, 5.74) is 1.31. The first-order valence-corrected chi connectivity index (χ1v) is 11.2.